The lowest BCUT2D eigenvalue weighted by atomic mass is 9.96. The van der Waals surface area contributed by atoms with Crippen molar-refractivity contribution in [3.8, 4) is 0 Å². The Balaban J connectivity index is 1.80. The number of amides is 2. The van der Waals surface area contributed by atoms with E-state index in [0.717, 1.165) is 11.0 Å². The van der Waals surface area contributed by atoms with Crippen LogP contribution in [0.15, 0.2) is 12.1 Å². The van der Waals surface area contributed by atoms with Gasteiger partial charge >= 0.3 is 5.97 Å². The smallest absolute Gasteiger partial charge is 0.327 e. The molecule has 3 rings (SSSR count). The van der Waals surface area contributed by atoms with Crippen molar-refractivity contribution in [3.63, 3.8) is 0 Å². The van der Waals surface area contributed by atoms with Crippen LogP contribution in [0.1, 0.15) is 24.2 Å². The number of carbonyl (C=O) groups is 3. The molecule has 2 aliphatic heterocycles. The zero-order valence-electron chi connectivity index (χ0n) is 13.0. The number of nitrogens with zero attached hydrogens (tertiary/aromatic N) is 1. The van der Waals surface area contributed by atoms with E-state index < -0.39 is 63.0 Å². The lowest BCUT2D eigenvalue weighted by Gasteiger charge is -2.43. The highest BCUT2D eigenvalue weighted by molar-refractivity contribution is 8.01. The summed E-state index contributed by atoms with van der Waals surface area (Å²) in [7, 11) is 0. The number of halogens is 3. The molecule has 0 saturated carbocycles. The van der Waals surface area contributed by atoms with Crippen LogP contribution in [-0.4, -0.2) is 50.0 Å². The Morgan fingerprint density at radius 1 is 1.24 bits per heavy atom. The summed E-state index contributed by atoms with van der Waals surface area (Å²) in [4.78, 5) is 36.9. The van der Waals surface area contributed by atoms with E-state index >= 15 is 0 Å². The van der Waals surface area contributed by atoms with Gasteiger partial charge in [-0.25, -0.2) is 18.0 Å². The van der Waals surface area contributed by atoms with E-state index in [2.05, 4.69) is 5.32 Å². The standard InChI is InChI=1S/C15H13F3N2O4S/c1-15(2)10(14(23)24)20-12(22)9(13(20)25-15)19-11(21)5-3-4-6(16)8(18)7(5)17/h3-4,9-10,13H,1-2H3,(H,19,21)(H,23,24)/t9-,10+,13-/m1/s1. The normalized spacial score (nSPS) is 26.8. The number of hydrogen-bond donors (Lipinski definition) is 2. The van der Waals surface area contributed by atoms with Crippen molar-refractivity contribution in [2.24, 2.45) is 0 Å². The fourth-order valence-electron chi connectivity index (χ4n) is 3.07. The number of hydrogen-bond acceptors (Lipinski definition) is 4. The minimum Gasteiger partial charge on any atom is -0.480 e. The number of fused-ring (bicyclic) bond motifs is 1. The predicted molar refractivity (Wildman–Crippen MR) is 81.3 cm³/mol. The molecule has 25 heavy (non-hydrogen) atoms. The predicted octanol–water partition coefficient (Wildman–Crippen LogP) is 1.35. The highest BCUT2D eigenvalue weighted by atomic mass is 32.2. The fourth-order valence-corrected chi connectivity index (χ4v) is 4.69. The Kier molecular flexibility index (Phi) is 3.98. The molecule has 0 aliphatic carbocycles. The van der Waals surface area contributed by atoms with Crippen LogP contribution in [0, 0.1) is 17.5 Å². The molecule has 2 aliphatic rings. The summed E-state index contributed by atoms with van der Waals surface area (Å²) >= 11 is 1.19. The average Bonchev–Trinajstić information content (AvgIpc) is 2.78. The lowest BCUT2D eigenvalue weighted by molar-refractivity contribution is -0.159. The molecule has 10 heteroatoms. The summed E-state index contributed by atoms with van der Waals surface area (Å²) in [5.41, 5.74) is -0.734. The molecular weight excluding hydrogens is 361 g/mol. The number of carbonyl (C=O) groups excluding carboxylic acids is 2. The van der Waals surface area contributed by atoms with Crippen molar-refractivity contribution >= 4 is 29.5 Å². The van der Waals surface area contributed by atoms with E-state index in [4.69, 9.17) is 0 Å². The van der Waals surface area contributed by atoms with Crippen molar-refractivity contribution in [2.45, 2.75) is 36.1 Å². The monoisotopic (exact) mass is 374 g/mol. The van der Waals surface area contributed by atoms with Gasteiger partial charge in [0.15, 0.2) is 17.5 Å². The number of β-lactam (4-membered cyclic amide) rings is 1. The number of carboxylic acid groups (broad SMARTS) is 1. The van der Waals surface area contributed by atoms with Crippen LogP contribution in [-0.2, 0) is 9.59 Å². The molecule has 0 bridgehead atoms. The van der Waals surface area contributed by atoms with Crippen LogP contribution < -0.4 is 5.32 Å². The van der Waals surface area contributed by atoms with Crippen LogP contribution in [0.5, 0.6) is 0 Å². The van der Waals surface area contributed by atoms with E-state index in [9.17, 15) is 32.7 Å². The van der Waals surface area contributed by atoms with Gasteiger partial charge < -0.3 is 15.3 Å². The quantitative estimate of drug-likeness (QED) is 0.616. The molecule has 0 aromatic heterocycles. The van der Waals surface area contributed by atoms with Crippen molar-refractivity contribution in [1.29, 1.82) is 0 Å². The fraction of sp³-hybridized carbons (Fsp3) is 0.400. The largest absolute Gasteiger partial charge is 0.480 e. The number of rotatable bonds is 3. The van der Waals surface area contributed by atoms with Crippen LogP contribution in [0.2, 0.25) is 0 Å². The van der Waals surface area contributed by atoms with Crippen molar-refractivity contribution < 1.29 is 32.7 Å². The van der Waals surface area contributed by atoms with Crippen molar-refractivity contribution in [2.75, 3.05) is 0 Å². The Morgan fingerprint density at radius 3 is 2.48 bits per heavy atom. The number of carboxylic acids is 1. The zero-order valence-corrected chi connectivity index (χ0v) is 13.9. The van der Waals surface area contributed by atoms with Crippen LogP contribution >= 0.6 is 11.8 Å². The summed E-state index contributed by atoms with van der Waals surface area (Å²) < 4.78 is 39.1. The van der Waals surface area contributed by atoms with Crippen molar-refractivity contribution in [3.05, 3.63) is 35.1 Å². The summed E-state index contributed by atoms with van der Waals surface area (Å²) in [6.07, 6.45) is 0. The Labute approximate surface area is 144 Å². The number of aliphatic carboxylic acids is 1. The molecule has 2 saturated heterocycles. The number of benzene rings is 1. The highest BCUT2D eigenvalue weighted by Crippen LogP contribution is 2.50. The molecule has 2 amide bonds. The van der Waals surface area contributed by atoms with Gasteiger partial charge in [0.05, 0.1) is 5.56 Å². The van der Waals surface area contributed by atoms with Gasteiger partial charge in [-0.05, 0) is 26.0 Å². The van der Waals surface area contributed by atoms with E-state index in [1.807, 2.05) is 0 Å². The minimum absolute atomic E-state index is 0.607. The first-order valence-electron chi connectivity index (χ1n) is 7.23. The maximum absolute atomic E-state index is 13.7. The second-order valence-electron chi connectivity index (χ2n) is 6.27. The molecular formula is C15H13F3N2O4S. The van der Waals surface area contributed by atoms with Gasteiger partial charge in [-0.1, -0.05) is 0 Å². The topological polar surface area (TPSA) is 86.7 Å². The van der Waals surface area contributed by atoms with E-state index in [-0.39, 0.29) is 0 Å². The zero-order chi connectivity index (χ0) is 18.7. The number of nitrogens with one attached hydrogen (secondary N) is 1. The van der Waals surface area contributed by atoms with Gasteiger partial charge in [0.25, 0.3) is 5.91 Å². The maximum atomic E-state index is 13.7. The van der Waals surface area contributed by atoms with Crippen LogP contribution in [0.4, 0.5) is 13.2 Å². The molecule has 0 radical (unpaired) electrons. The first-order chi connectivity index (χ1) is 11.6. The molecule has 3 atom stereocenters. The Morgan fingerprint density at radius 2 is 1.88 bits per heavy atom. The molecule has 0 unspecified atom stereocenters. The first-order valence-corrected chi connectivity index (χ1v) is 8.11. The van der Waals surface area contributed by atoms with E-state index in [1.165, 1.54) is 11.8 Å². The Hall–Kier alpha value is -2.23. The van der Waals surface area contributed by atoms with Crippen LogP contribution in [0.3, 0.4) is 0 Å². The van der Waals surface area contributed by atoms with Gasteiger partial charge in [-0.2, -0.15) is 0 Å². The SMILES string of the molecule is CC1(C)S[C@@H]2[C@H](NC(=O)c3ccc(F)c(F)c3F)C(=O)N2[C@H]1C(=O)O. The summed E-state index contributed by atoms with van der Waals surface area (Å²) in [5, 5.41) is 10.9. The summed E-state index contributed by atoms with van der Waals surface area (Å²) in [6, 6.07) is -0.733. The third-order valence-corrected chi connectivity index (χ3v) is 5.81. The van der Waals surface area contributed by atoms with Crippen molar-refractivity contribution in [1.82, 2.24) is 10.2 Å². The van der Waals surface area contributed by atoms with Gasteiger partial charge in [0.2, 0.25) is 5.91 Å². The molecule has 134 valence electrons. The summed E-state index contributed by atoms with van der Waals surface area (Å²) in [5.74, 6) is -7.72. The minimum atomic E-state index is -1.78. The molecule has 2 fully saturated rings. The molecule has 6 nitrogen and oxygen atoms in total. The first kappa shape index (κ1) is 17.6. The number of thioether (sulfide) groups is 1. The van der Waals surface area contributed by atoms with Gasteiger partial charge in [0, 0.05) is 4.75 Å². The maximum Gasteiger partial charge on any atom is 0.327 e. The molecule has 1 aromatic carbocycles. The lowest BCUT2D eigenvalue weighted by Crippen LogP contribution is -2.70. The Bertz CT molecular complexity index is 801. The second-order valence-corrected chi connectivity index (χ2v) is 8.04. The van der Waals surface area contributed by atoms with E-state index in [0.29, 0.717) is 6.07 Å². The van der Waals surface area contributed by atoms with E-state index in [1.54, 1.807) is 13.8 Å². The van der Waals surface area contributed by atoms with Crippen LogP contribution in [0.25, 0.3) is 0 Å². The molecule has 2 heterocycles. The molecule has 2 N–H and O–H groups in total. The third kappa shape index (κ3) is 2.55. The second kappa shape index (κ2) is 5.65. The van der Waals surface area contributed by atoms with Gasteiger partial charge in [0.1, 0.15) is 17.5 Å². The highest BCUT2D eigenvalue weighted by Gasteiger charge is 2.64. The molecule has 0 spiro atoms. The third-order valence-electron chi connectivity index (χ3n) is 4.24. The van der Waals surface area contributed by atoms with Gasteiger partial charge in [-0.3, -0.25) is 9.59 Å². The average molecular weight is 374 g/mol. The summed E-state index contributed by atoms with van der Waals surface area (Å²) in [6.45, 7) is 3.33. The van der Waals surface area contributed by atoms with Gasteiger partial charge in [-0.15, -0.1) is 11.8 Å². The molecule has 1 aromatic rings.